The lowest BCUT2D eigenvalue weighted by Crippen LogP contribution is -2.30. The fourth-order valence-electron chi connectivity index (χ4n) is 5.98. The first kappa shape index (κ1) is 47.6. The average molecular weight is 703 g/mol. The maximum absolute atomic E-state index is 12.6. The lowest BCUT2D eigenvalue weighted by molar-refractivity contribution is -0.167. The highest BCUT2D eigenvalue weighted by Crippen LogP contribution is 2.15. The normalized spacial score (nSPS) is 11.8. The Morgan fingerprint density at radius 3 is 1.26 bits per heavy atom. The monoisotopic (exact) mass is 703 g/mol. The molecule has 6 heteroatoms. The summed E-state index contributed by atoms with van der Waals surface area (Å²) in [6, 6.07) is 0. The zero-order valence-electron chi connectivity index (χ0n) is 32.6. The van der Waals surface area contributed by atoms with Crippen LogP contribution < -0.4 is 0 Å². The molecule has 0 heterocycles. The molecule has 0 N–H and O–H groups in total. The summed E-state index contributed by atoms with van der Waals surface area (Å²) in [5.41, 5.74) is 0. The molecule has 0 saturated heterocycles. The van der Waals surface area contributed by atoms with Gasteiger partial charge < -0.3 is 14.2 Å². The fourth-order valence-corrected chi connectivity index (χ4v) is 5.98. The summed E-state index contributed by atoms with van der Waals surface area (Å²) in [4.78, 5) is 37.4. The third-order valence-electron chi connectivity index (χ3n) is 9.15. The zero-order valence-corrected chi connectivity index (χ0v) is 32.6. The predicted octanol–water partition coefficient (Wildman–Crippen LogP) is 13.0. The molecular weight excluding hydrogens is 624 g/mol. The van der Waals surface area contributed by atoms with E-state index in [1.807, 2.05) is 12.2 Å². The Morgan fingerprint density at radius 2 is 0.840 bits per heavy atom. The molecular formula is C44H78O6. The van der Waals surface area contributed by atoms with Gasteiger partial charge in [-0.05, 0) is 51.4 Å². The fraction of sp³-hybridized carbons (Fsp3) is 0.795. The SMILES string of the molecule is C=CCC=CCCCCCCCC(=O)OCC(COC(=O)CCCCCCCCCCCCCCCCC)OC(=O)CCCCCCCC=C. The first-order chi connectivity index (χ1) is 24.5. The minimum Gasteiger partial charge on any atom is -0.462 e. The van der Waals surface area contributed by atoms with Crippen LogP contribution in [0.2, 0.25) is 0 Å². The van der Waals surface area contributed by atoms with Crippen LogP contribution in [0, 0.1) is 0 Å². The van der Waals surface area contributed by atoms with E-state index >= 15 is 0 Å². The molecule has 0 saturated carbocycles. The van der Waals surface area contributed by atoms with Gasteiger partial charge >= 0.3 is 17.9 Å². The van der Waals surface area contributed by atoms with Gasteiger partial charge in [-0.3, -0.25) is 14.4 Å². The van der Waals surface area contributed by atoms with Crippen molar-refractivity contribution in [3.63, 3.8) is 0 Å². The Kier molecular flexibility index (Phi) is 37.5. The highest BCUT2D eigenvalue weighted by Gasteiger charge is 2.19. The van der Waals surface area contributed by atoms with Crippen LogP contribution in [0.25, 0.3) is 0 Å². The first-order valence-electron chi connectivity index (χ1n) is 20.9. The van der Waals surface area contributed by atoms with Crippen LogP contribution in [0.5, 0.6) is 0 Å². The van der Waals surface area contributed by atoms with E-state index in [9.17, 15) is 14.4 Å². The molecule has 0 amide bonds. The Balaban J connectivity index is 4.25. The average Bonchev–Trinajstić information content (AvgIpc) is 3.11. The highest BCUT2D eigenvalue weighted by atomic mass is 16.6. The number of carbonyl (C=O) groups excluding carboxylic acids is 3. The molecule has 6 nitrogen and oxygen atoms in total. The van der Waals surface area contributed by atoms with Crippen LogP contribution in [-0.4, -0.2) is 37.2 Å². The molecule has 0 radical (unpaired) electrons. The molecule has 0 aromatic rings. The second-order valence-corrected chi connectivity index (χ2v) is 14.1. The molecule has 0 aliphatic carbocycles. The van der Waals surface area contributed by atoms with E-state index < -0.39 is 6.10 Å². The zero-order chi connectivity index (χ0) is 36.6. The number of ether oxygens (including phenoxy) is 3. The van der Waals surface area contributed by atoms with Gasteiger partial charge in [0.05, 0.1) is 0 Å². The molecule has 290 valence electrons. The van der Waals surface area contributed by atoms with Gasteiger partial charge in [-0.25, -0.2) is 0 Å². The summed E-state index contributed by atoms with van der Waals surface area (Å²) in [6.07, 6.45) is 40.7. The number of allylic oxidation sites excluding steroid dienone is 4. The van der Waals surface area contributed by atoms with Crippen molar-refractivity contribution in [2.45, 2.75) is 212 Å². The maximum Gasteiger partial charge on any atom is 0.306 e. The predicted molar refractivity (Wildman–Crippen MR) is 210 cm³/mol. The number of rotatable bonds is 39. The third kappa shape index (κ3) is 36.9. The molecule has 0 fully saturated rings. The smallest absolute Gasteiger partial charge is 0.306 e. The summed E-state index contributed by atoms with van der Waals surface area (Å²) >= 11 is 0. The summed E-state index contributed by atoms with van der Waals surface area (Å²) in [6.45, 7) is 9.57. The van der Waals surface area contributed by atoms with Crippen molar-refractivity contribution >= 4 is 17.9 Å². The van der Waals surface area contributed by atoms with Gasteiger partial charge in [-0.2, -0.15) is 0 Å². The topological polar surface area (TPSA) is 78.9 Å². The van der Waals surface area contributed by atoms with Crippen LogP contribution in [-0.2, 0) is 28.6 Å². The third-order valence-corrected chi connectivity index (χ3v) is 9.15. The van der Waals surface area contributed by atoms with Crippen molar-refractivity contribution in [3.8, 4) is 0 Å². The van der Waals surface area contributed by atoms with E-state index in [1.54, 1.807) is 0 Å². The van der Waals surface area contributed by atoms with Crippen LogP contribution in [0.3, 0.4) is 0 Å². The molecule has 50 heavy (non-hydrogen) atoms. The van der Waals surface area contributed by atoms with E-state index in [1.165, 1.54) is 77.0 Å². The number of hydrogen-bond donors (Lipinski definition) is 0. The summed E-state index contributed by atoms with van der Waals surface area (Å²) < 4.78 is 16.6. The van der Waals surface area contributed by atoms with E-state index in [0.717, 1.165) is 103 Å². The van der Waals surface area contributed by atoms with E-state index in [0.29, 0.717) is 19.3 Å². The van der Waals surface area contributed by atoms with Crippen molar-refractivity contribution in [3.05, 3.63) is 37.5 Å². The van der Waals surface area contributed by atoms with Gasteiger partial charge in [-0.15, -0.1) is 13.2 Å². The Bertz CT molecular complexity index is 834. The molecule has 0 aromatic heterocycles. The Hall–Kier alpha value is -2.37. The van der Waals surface area contributed by atoms with Crippen molar-refractivity contribution in [1.82, 2.24) is 0 Å². The summed E-state index contributed by atoms with van der Waals surface area (Å²) in [5, 5.41) is 0. The minimum atomic E-state index is -0.779. The summed E-state index contributed by atoms with van der Waals surface area (Å²) in [5.74, 6) is -0.931. The highest BCUT2D eigenvalue weighted by molar-refractivity contribution is 5.71. The van der Waals surface area contributed by atoms with Crippen LogP contribution >= 0.6 is 0 Å². The first-order valence-corrected chi connectivity index (χ1v) is 20.9. The van der Waals surface area contributed by atoms with E-state index in [4.69, 9.17) is 14.2 Å². The van der Waals surface area contributed by atoms with Gasteiger partial charge in [0.15, 0.2) is 6.10 Å². The molecule has 0 aliphatic heterocycles. The number of hydrogen-bond acceptors (Lipinski definition) is 6. The molecule has 0 spiro atoms. The second-order valence-electron chi connectivity index (χ2n) is 14.1. The second kappa shape index (κ2) is 39.4. The van der Waals surface area contributed by atoms with Crippen molar-refractivity contribution in [1.29, 1.82) is 0 Å². The summed E-state index contributed by atoms with van der Waals surface area (Å²) in [7, 11) is 0. The van der Waals surface area contributed by atoms with Gasteiger partial charge in [0.2, 0.25) is 0 Å². The maximum atomic E-state index is 12.6. The standard InChI is InChI=1S/C44H78O6/c1-4-7-10-13-16-18-20-21-22-23-24-26-29-31-34-37-43(46)49-40-41(50-44(47)38-35-32-27-15-12-9-6-3)39-48-42(45)36-33-30-28-25-19-17-14-11-8-5-2/h5-6,11,14,41H,2-4,7-10,12-13,15-40H2,1H3. The lowest BCUT2D eigenvalue weighted by Gasteiger charge is -2.18. The Morgan fingerprint density at radius 1 is 0.460 bits per heavy atom. The number of esters is 3. The number of unbranched alkanes of at least 4 members (excludes halogenated alkanes) is 24. The van der Waals surface area contributed by atoms with Crippen molar-refractivity contribution in [2.75, 3.05) is 13.2 Å². The molecule has 0 aliphatic rings. The molecule has 0 rings (SSSR count). The van der Waals surface area contributed by atoms with Gasteiger partial charge in [0, 0.05) is 19.3 Å². The molecule has 1 unspecified atom stereocenters. The molecule has 0 aromatic carbocycles. The van der Waals surface area contributed by atoms with Crippen LogP contribution in [0.1, 0.15) is 206 Å². The van der Waals surface area contributed by atoms with Crippen LogP contribution in [0.4, 0.5) is 0 Å². The molecule has 1 atom stereocenters. The minimum absolute atomic E-state index is 0.0839. The van der Waals surface area contributed by atoms with Gasteiger partial charge in [0.1, 0.15) is 13.2 Å². The largest absolute Gasteiger partial charge is 0.462 e. The van der Waals surface area contributed by atoms with Crippen molar-refractivity contribution < 1.29 is 28.6 Å². The quantitative estimate of drug-likeness (QED) is 0.0274. The lowest BCUT2D eigenvalue weighted by atomic mass is 10.0. The van der Waals surface area contributed by atoms with Gasteiger partial charge in [-0.1, -0.05) is 160 Å². The Labute approximate surface area is 308 Å². The van der Waals surface area contributed by atoms with Crippen LogP contribution in [0.15, 0.2) is 37.5 Å². The van der Waals surface area contributed by atoms with Crippen molar-refractivity contribution in [2.24, 2.45) is 0 Å². The van der Waals surface area contributed by atoms with E-state index in [2.05, 4.69) is 32.2 Å². The van der Waals surface area contributed by atoms with E-state index in [-0.39, 0.29) is 31.1 Å². The molecule has 0 bridgehead atoms. The van der Waals surface area contributed by atoms with Gasteiger partial charge in [0.25, 0.3) is 0 Å². The number of carbonyl (C=O) groups is 3.